The minimum absolute atomic E-state index is 0.0600. The van der Waals surface area contributed by atoms with Gasteiger partial charge in [-0.25, -0.2) is 0 Å². The van der Waals surface area contributed by atoms with Crippen molar-refractivity contribution in [2.45, 2.75) is 33.2 Å². The molecule has 0 aliphatic heterocycles. The summed E-state index contributed by atoms with van der Waals surface area (Å²) in [6.45, 7) is 5.78. The van der Waals surface area contributed by atoms with Crippen LogP contribution < -0.4 is 10.6 Å². The number of amides is 2. The van der Waals surface area contributed by atoms with Gasteiger partial charge in [-0.1, -0.05) is 13.8 Å². The third-order valence-corrected chi connectivity index (χ3v) is 2.77. The second-order valence-corrected chi connectivity index (χ2v) is 4.82. The van der Waals surface area contributed by atoms with Crippen molar-refractivity contribution in [2.75, 3.05) is 6.54 Å². The summed E-state index contributed by atoms with van der Waals surface area (Å²) in [5, 5.41) is 5.51. The van der Waals surface area contributed by atoms with Gasteiger partial charge < -0.3 is 10.6 Å². The Bertz CT molecular complexity index is 418. The van der Waals surface area contributed by atoms with E-state index in [0.717, 1.165) is 12.0 Å². The molecule has 0 aliphatic rings. The lowest BCUT2D eigenvalue weighted by Gasteiger charge is -2.20. The van der Waals surface area contributed by atoms with Gasteiger partial charge in [-0.15, -0.1) is 0 Å². The Morgan fingerprint density at radius 3 is 2.42 bits per heavy atom. The van der Waals surface area contributed by atoms with Crippen molar-refractivity contribution >= 4 is 11.8 Å². The van der Waals surface area contributed by atoms with Crippen LogP contribution in [-0.4, -0.2) is 29.4 Å². The van der Waals surface area contributed by atoms with Gasteiger partial charge in [-0.2, -0.15) is 0 Å². The predicted octanol–water partition coefficient (Wildman–Crippen LogP) is 0.901. The van der Waals surface area contributed by atoms with E-state index in [-0.39, 0.29) is 17.7 Å². The van der Waals surface area contributed by atoms with E-state index < -0.39 is 6.04 Å². The molecule has 0 saturated heterocycles. The standard InChI is InChI=1S/C14H21N3O2/c1-10(2)13(17-11(3)18)14(19)16-9-6-12-4-7-15-8-5-12/h4-5,7-8,10,13H,6,9H2,1-3H3,(H,16,19)(H,17,18). The smallest absolute Gasteiger partial charge is 0.242 e. The lowest BCUT2D eigenvalue weighted by molar-refractivity contribution is -0.129. The molecule has 1 aromatic rings. The molecule has 19 heavy (non-hydrogen) atoms. The zero-order chi connectivity index (χ0) is 14.3. The fraction of sp³-hybridized carbons (Fsp3) is 0.500. The molecule has 5 nitrogen and oxygen atoms in total. The second-order valence-electron chi connectivity index (χ2n) is 4.82. The predicted molar refractivity (Wildman–Crippen MR) is 73.4 cm³/mol. The van der Waals surface area contributed by atoms with Crippen molar-refractivity contribution in [3.05, 3.63) is 30.1 Å². The van der Waals surface area contributed by atoms with Gasteiger partial charge in [-0.3, -0.25) is 14.6 Å². The van der Waals surface area contributed by atoms with Crippen LogP contribution in [0.2, 0.25) is 0 Å². The molecule has 0 aliphatic carbocycles. The van der Waals surface area contributed by atoms with Crippen LogP contribution in [0, 0.1) is 5.92 Å². The van der Waals surface area contributed by atoms with Gasteiger partial charge in [0.15, 0.2) is 0 Å². The van der Waals surface area contributed by atoms with Crippen molar-refractivity contribution in [3.8, 4) is 0 Å². The third kappa shape index (κ3) is 5.50. The molecule has 1 rings (SSSR count). The molecular formula is C14H21N3O2. The highest BCUT2D eigenvalue weighted by molar-refractivity contribution is 5.87. The van der Waals surface area contributed by atoms with E-state index in [2.05, 4.69) is 15.6 Å². The molecule has 104 valence electrons. The Morgan fingerprint density at radius 1 is 1.26 bits per heavy atom. The van der Waals surface area contributed by atoms with E-state index in [9.17, 15) is 9.59 Å². The van der Waals surface area contributed by atoms with Crippen LogP contribution >= 0.6 is 0 Å². The van der Waals surface area contributed by atoms with Gasteiger partial charge in [-0.05, 0) is 30.0 Å². The molecule has 1 atom stereocenters. The summed E-state index contributed by atoms with van der Waals surface area (Å²) < 4.78 is 0. The number of nitrogens with zero attached hydrogens (tertiary/aromatic N) is 1. The van der Waals surface area contributed by atoms with Crippen molar-refractivity contribution < 1.29 is 9.59 Å². The Kier molecular flexibility index (Phi) is 5.99. The quantitative estimate of drug-likeness (QED) is 0.801. The Balaban J connectivity index is 2.42. The minimum atomic E-state index is -0.477. The van der Waals surface area contributed by atoms with Gasteiger partial charge in [0.1, 0.15) is 6.04 Å². The fourth-order valence-corrected chi connectivity index (χ4v) is 1.74. The zero-order valence-corrected chi connectivity index (χ0v) is 11.6. The SMILES string of the molecule is CC(=O)NC(C(=O)NCCc1ccncc1)C(C)C. The molecule has 2 N–H and O–H groups in total. The molecule has 1 heterocycles. The van der Waals surface area contributed by atoms with Gasteiger partial charge >= 0.3 is 0 Å². The highest BCUT2D eigenvalue weighted by atomic mass is 16.2. The van der Waals surface area contributed by atoms with E-state index in [1.165, 1.54) is 6.92 Å². The summed E-state index contributed by atoms with van der Waals surface area (Å²) in [5.41, 5.74) is 1.12. The van der Waals surface area contributed by atoms with Crippen LogP contribution in [0.15, 0.2) is 24.5 Å². The van der Waals surface area contributed by atoms with Crippen LogP contribution in [0.3, 0.4) is 0 Å². The number of carbonyl (C=O) groups is 2. The number of hydrogen-bond acceptors (Lipinski definition) is 3. The maximum atomic E-state index is 12.0. The molecular weight excluding hydrogens is 242 g/mol. The average Bonchev–Trinajstić information content (AvgIpc) is 2.36. The summed E-state index contributed by atoms with van der Waals surface area (Å²) in [6.07, 6.45) is 4.20. The normalized spacial score (nSPS) is 12.0. The first-order valence-corrected chi connectivity index (χ1v) is 6.44. The largest absolute Gasteiger partial charge is 0.354 e. The second kappa shape index (κ2) is 7.51. The number of rotatable bonds is 6. The lowest BCUT2D eigenvalue weighted by Crippen LogP contribution is -2.49. The number of nitrogens with one attached hydrogen (secondary N) is 2. The van der Waals surface area contributed by atoms with Crippen LogP contribution in [0.5, 0.6) is 0 Å². The monoisotopic (exact) mass is 263 g/mol. The molecule has 1 unspecified atom stereocenters. The summed E-state index contributed by atoms with van der Waals surface area (Å²) in [4.78, 5) is 27.0. The van der Waals surface area contributed by atoms with E-state index in [4.69, 9.17) is 0 Å². The van der Waals surface area contributed by atoms with Crippen LogP contribution in [0.25, 0.3) is 0 Å². The van der Waals surface area contributed by atoms with Crippen LogP contribution in [0.1, 0.15) is 26.3 Å². The molecule has 0 bridgehead atoms. The summed E-state index contributed by atoms with van der Waals surface area (Å²) in [6, 6.07) is 3.36. The topological polar surface area (TPSA) is 71.1 Å². The lowest BCUT2D eigenvalue weighted by atomic mass is 10.0. The zero-order valence-electron chi connectivity index (χ0n) is 11.6. The summed E-state index contributed by atoms with van der Waals surface area (Å²) in [5.74, 6) is -0.271. The van der Waals surface area contributed by atoms with E-state index in [1.54, 1.807) is 12.4 Å². The van der Waals surface area contributed by atoms with Gasteiger partial charge in [0.25, 0.3) is 0 Å². The highest BCUT2D eigenvalue weighted by Crippen LogP contribution is 2.02. The average molecular weight is 263 g/mol. The molecule has 2 amide bonds. The van der Waals surface area contributed by atoms with Crippen LogP contribution in [-0.2, 0) is 16.0 Å². The summed E-state index contributed by atoms with van der Waals surface area (Å²) >= 11 is 0. The number of carbonyl (C=O) groups excluding carboxylic acids is 2. The minimum Gasteiger partial charge on any atom is -0.354 e. The maximum Gasteiger partial charge on any atom is 0.242 e. The molecule has 1 aromatic heterocycles. The molecule has 0 saturated carbocycles. The first-order chi connectivity index (χ1) is 9.00. The number of pyridine rings is 1. The first kappa shape index (κ1) is 15.1. The van der Waals surface area contributed by atoms with Gasteiger partial charge in [0.05, 0.1) is 0 Å². The third-order valence-electron chi connectivity index (χ3n) is 2.77. The fourth-order valence-electron chi connectivity index (χ4n) is 1.74. The maximum absolute atomic E-state index is 12.0. The number of aromatic nitrogens is 1. The van der Waals surface area contributed by atoms with E-state index in [1.807, 2.05) is 26.0 Å². The molecule has 0 aromatic carbocycles. The van der Waals surface area contributed by atoms with Crippen molar-refractivity contribution in [1.82, 2.24) is 15.6 Å². The highest BCUT2D eigenvalue weighted by Gasteiger charge is 2.22. The van der Waals surface area contributed by atoms with Crippen molar-refractivity contribution in [2.24, 2.45) is 5.92 Å². The van der Waals surface area contributed by atoms with E-state index in [0.29, 0.717) is 6.54 Å². The Hall–Kier alpha value is -1.91. The molecule has 0 spiro atoms. The van der Waals surface area contributed by atoms with Gasteiger partial charge in [0, 0.05) is 25.9 Å². The van der Waals surface area contributed by atoms with Crippen molar-refractivity contribution in [1.29, 1.82) is 0 Å². The molecule has 0 radical (unpaired) electrons. The Labute approximate surface area is 113 Å². The van der Waals surface area contributed by atoms with Gasteiger partial charge in [0.2, 0.25) is 11.8 Å². The van der Waals surface area contributed by atoms with Crippen molar-refractivity contribution in [3.63, 3.8) is 0 Å². The Morgan fingerprint density at radius 2 is 1.89 bits per heavy atom. The molecule has 5 heteroatoms. The van der Waals surface area contributed by atoms with Crippen LogP contribution in [0.4, 0.5) is 0 Å². The summed E-state index contributed by atoms with van der Waals surface area (Å²) in [7, 11) is 0. The first-order valence-electron chi connectivity index (χ1n) is 6.44. The molecule has 0 fully saturated rings. The number of hydrogen-bond donors (Lipinski definition) is 2. The van der Waals surface area contributed by atoms with E-state index >= 15 is 0 Å².